The standard InChI is InChI=1S/C17H15N5OS/c1-11(21-22-12(2)23)14-6-3-7-15(20-14)16-10-19-17(24-16)13-5-4-8-18-9-13/h3-10H,1-2H3,(H,22,23)/b21-11+. The molecule has 0 aliphatic heterocycles. The van der Waals surface area contributed by atoms with Crippen molar-refractivity contribution in [3.63, 3.8) is 0 Å². The summed E-state index contributed by atoms with van der Waals surface area (Å²) in [6, 6.07) is 9.55. The average Bonchev–Trinajstić information content (AvgIpc) is 3.11. The third-order valence-electron chi connectivity index (χ3n) is 3.17. The minimum absolute atomic E-state index is 0.214. The summed E-state index contributed by atoms with van der Waals surface area (Å²) in [4.78, 5) is 25.1. The number of carbonyl (C=O) groups excluding carboxylic acids is 1. The maximum absolute atomic E-state index is 11.0. The third-order valence-corrected chi connectivity index (χ3v) is 4.24. The van der Waals surface area contributed by atoms with E-state index in [4.69, 9.17) is 0 Å². The van der Waals surface area contributed by atoms with Crippen molar-refractivity contribution in [1.29, 1.82) is 0 Å². The topological polar surface area (TPSA) is 80.1 Å². The van der Waals surface area contributed by atoms with Gasteiger partial charge in [0.15, 0.2) is 0 Å². The van der Waals surface area contributed by atoms with Gasteiger partial charge in [0.05, 0.1) is 22.0 Å². The van der Waals surface area contributed by atoms with E-state index in [1.165, 1.54) is 6.92 Å². The van der Waals surface area contributed by atoms with Gasteiger partial charge in [-0.1, -0.05) is 6.07 Å². The van der Waals surface area contributed by atoms with Crippen LogP contribution in [0.4, 0.5) is 0 Å². The summed E-state index contributed by atoms with van der Waals surface area (Å²) in [6.07, 6.45) is 5.33. The van der Waals surface area contributed by atoms with Crippen LogP contribution < -0.4 is 5.43 Å². The van der Waals surface area contributed by atoms with Gasteiger partial charge in [-0.3, -0.25) is 9.78 Å². The second-order valence-corrected chi connectivity index (χ2v) is 6.08. The van der Waals surface area contributed by atoms with Gasteiger partial charge in [0.2, 0.25) is 5.91 Å². The molecule has 1 N–H and O–H groups in total. The van der Waals surface area contributed by atoms with E-state index in [1.807, 2.05) is 30.3 Å². The molecule has 0 fully saturated rings. The zero-order chi connectivity index (χ0) is 16.9. The third kappa shape index (κ3) is 3.69. The monoisotopic (exact) mass is 337 g/mol. The summed E-state index contributed by atoms with van der Waals surface area (Å²) in [7, 11) is 0. The molecule has 0 spiro atoms. The normalized spacial score (nSPS) is 11.3. The van der Waals surface area contributed by atoms with Crippen LogP contribution in [0.5, 0.6) is 0 Å². The lowest BCUT2D eigenvalue weighted by Gasteiger charge is -2.02. The van der Waals surface area contributed by atoms with Crippen LogP contribution in [0, 0.1) is 0 Å². The Kier molecular flexibility index (Phi) is 4.72. The zero-order valence-electron chi connectivity index (χ0n) is 13.2. The lowest BCUT2D eigenvalue weighted by Crippen LogP contribution is -2.15. The van der Waals surface area contributed by atoms with E-state index < -0.39 is 0 Å². The van der Waals surface area contributed by atoms with Gasteiger partial charge in [-0.05, 0) is 31.2 Å². The quantitative estimate of drug-likeness (QED) is 0.586. The predicted octanol–water partition coefficient (Wildman–Crippen LogP) is 3.13. The fraction of sp³-hybridized carbons (Fsp3) is 0.118. The molecule has 24 heavy (non-hydrogen) atoms. The van der Waals surface area contributed by atoms with Crippen LogP contribution in [0.25, 0.3) is 21.1 Å². The average molecular weight is 337 g/mol. The molecule has 0 saturated carbocycles. The van der Waals surface area contributed by atoms with Crippen LogP contribution in [0.15, 0.2) is 54.0 Å². The molecule has 1 amide bonds. The van der Waals surface area contributed by atoms with Gasteiger partial charge < -0.3 is 0 Å². The number of nitrogens with zero attached hydrogens (tertiary/aromatic N) is 4. The van der Waals surface area contributed by atoms with Gasteiger partial charge in [0.1, 0.15) is 5.01 Å². The van der Waals surface area contributed by atoms with Crippen LogP contribution in [0.2, 0.25) is 0 Å². The molecular formula is C17H15N5OS. The van der Waals surface area contributed by atoms with Gasteiger partial charge in [0, 0.05) is 31.1 Å². The number of amides is 1. The van der Waals surface area contributed by atoms with Crippen molar-refractivity contribution in [3.8, 4) is 21.1 Å². The number of nitrogens with one attached hydrogen (secondary N) is 1. The summed E-state index contributed by atoms with van der Waals surface area (Å²) in [6.45, 7) is 3.22. The van der Waals surface area contributed by atoms with Gasteiger partial charge in [-0.15, -0.1) is 11.3 Å². The Morgan fingerprint density at radius 3 is 2.79 bits per heavy atom. The Labute approximate surface area is 143 Å². The molecule has 3 aromatic heterocycles. The summed E-state index contributed by atoms with van der Waals surface area (Å²) >= 11 is 1.55. The highest BCUT2D eigenvalue weighted by atomic mass is 32.1. The first-order valence-electron chi connectivity index (χ1n) is 7.28. The molecule has 0 aromatic carbocycles. The molecule has 0 radical (unpaired) electrons. The Morgan fingerprint density at radius 1 is 1.17 bits per heavy atom. The van der Waals surface area contributed by atoms with Crippen molar-refractivity contribution in [1.82, 2.24) is 20.4 Å². The van der Waals surface area contributed by atoms with E-state index in [1.54, 1.807) is 36.9 Å². The van der Waals surface area contributed by atoms with Crippen LogP contribution in [-0.4, -0.2) is 26.6 Å². The molecule has 0 saturated heterocycles. The van der Waals surface area contributed by atoms with E-state index in [9.17, 15) is 4.79 Å². The molecule has 3 rings (SSSR count). The van der Waals surface area contributed by atoms with Crippen molar-refractivity contribution in [2.45, 2.75) is 13.8 Å². The first-order valence-corrected chi connectivity index (χ1v) is 8.10. The van der Waals surface area contributed by atoms with Gasteiger partial charge >= 0.3 is 0 Å². The molecule has 6 nitrogen and oxygen atoms in total. The highest BCUT2D eigenvalue weighted by Crippen LogP contribution is 2.30. The smallest absolute Gasteiger partial charge is 0.236 e. The van der Waals surface area contributed by atoms with Gasteiger partial charge in [-0.25, -0.2) is 15.4 Å². The highest BCUT2D eigenvalue weighted by molar-refractivity contribution is 7.18. The molecule has 3 aromatic rings. The molecule has 0 aliphatic rings. The minimum atomic E-state index is -0.214. The van der Waals surface area contributed by atoms with Crippen LogP contribution in [0.1, 0.15) is 19.5 Å². The summed E-state index contributed by atoms with van der Waals surface area (Å²) in [5.74, 6) is -0.214. The number of pyridine rings is 2. The SMILES string of the molecule is CC(=O)N/N=C(\C)c1cccc(-c2cnc(-c3cccnc3)s2)n1. The molecule has 0 unspecified atom stereocenters. The maximum atomic E-state index is 11.0. The van der Waals surface area contributed by atoms with E-state index >= 15 is 0 Å². The Morgan fingerprint density at radius 2 is 2.04 bits per heavy atom. The largest absolute Gasteiger partial charge is 0.274 e. The van der Waals surface area contributed by atoms with E-state index in [-0.39, 0.29) is 5.91 Å². The molecular weight excluding hydrogens is 322 g/mol. The molecule has 0 atom stereocenters. The number of hydrazone groups is 1. The molecule has 120 valence electrons. The van der Waals surface area contributed by atoms with Crippen LogP contribution in [0.3, 0.4) is 0 Å². The zero-order valence-corrected chi connectivity index (χ0v) is 14.0. The van der Waals surface area contributed by atoms with Crippen molar-refractivity contribution in [3.05, 3.63) is 54.6 Å². The summed E-state index contributed by atoms with van der Waals surface area (Å²) in [5, 5.41) is 4.91. The van der Waals surface area contributed by atoms with Gasteiger partial charge in [0.25, 0.3) is 0 Å². The van der Waals surface area contributed by atoms with E-state index in [0.29, 0.717) is 11.4 Å². The summed E-state index contributed by atoms with van der Waals surface area (Å²) < 4.78 is 0. The number of aromatic nitrogens is 3. The molecule has 0 bridgehead atoms. The molecule has 3 heterocycles. The number of carbonyl (C=O) groups is 1. The lowest BCUT2D eigenvalue weighted by atomic mass is 10.2. The van der Waals surface area contributed by atoms with E-state index in [2.05, 4.69) is 25.5 Å². The number of rotatable bonds is 4. The predicted molar refractivity (Wildman–Crippen MR) is 94.6 cm³/mol. The second-order valence-electron chi connectivity index (χ2n) is 5.04. The maximum Gasteiger partial charge on any atom is 0.236 e. The summed E-state index contributed by atoms with van der Waals surface area (Å²) in [5.41, 5.74) is 5.57. The fourth-order valence-corrected chi connectivity index (χ4v) is 2.88. The Bertz CT molecular complexity index is 889. The highest BCUT2D eigenvalue weighted by Gasteiger charge is 2.09. The first-order chi connectivity index (χ1) is 11.6. The lowest BCUT2D eigenvalue weighted by molar-refractivity contribution is -0.118. The van der Waals surface area contributed by atoms with Crippen molar-refractivity contribution in [2.75, 3.05) is 0 Å². The van der Waals surface area contributed by atoms with Crippen molar-refractivity contribution >= 4 is 23.0 Å². The number of hydrogen-bond acceptors (Lipinski definition) is 6. The van der Waals surface area contributed by atoms with E-state index in [0.717, 1.165) is 21.1 Å². The van der Waals surface area contributed by atoms with Crippen molar-refractivity contribution < 1.29 is 4.79 Å². The van der Waals surface area contributed by atoms with Gasteiger partial charge in [-0.2, -0.15) is 5.10 Å². The number of hydrogen-bond donors (Lipinski definition) is 1. The molecule has 7 heteroatoms. The Hall–Kier alpha value is -2.93. The second kappa shape index (κ2) is 7.10. The fourth-order valence-electron chi connectivity index (χ4n) is 2.01. The number of thiazole rings is 1. The van der Waals surface area contributed by atoms with Crippen LogP contribution >= 0.6 is 11.3 Å². The first kappa shape index (κ1) is 15.9. The Balaban J connectivity index is 1.88. The van der Waals surface area contributed by atoms with Crippen LogP contribution in [-0.2, 0) is 4.79 Å². The minimum Gasteiger partial charge on any atom is -0.274 e. The molecule has 0 aliphatic carbocycles. The van der Waals surface area contributed by atoms with Crippen molar-refractivity contribution in [2.24, 2.45) is 5.10 Å².